The number of nitrogens with one attached hydrogen (secondary N) is 2. The molecule has 0 saturated heterocycles. The standard InChI is InChI=1S/C16H26N4O/c1-3-13-9-12(10-14(19-13)20-17)15(21)18-11-16(4-2)7-5-6-8-16/h9-10H,3-8,11,17H2,1-2H3,(H,18,21)(H,19,20). The maximum absolute atomic E-state index is 12.4. The summed E-state index contributed by atoms with van der Waals surface area (Å²) in [5, 5.41) is 3.10. The fraction of sp³-hybridized carbons (Fsp3) is 0.625. The van der Waals surface area contributed by atoms with E-state index in [1.165, 1.54) is 25.7 Å². The van der Waals surface area contributed by atoms with E-state index in [1.54, 1.807) is 6.07 Å². The van der Waals surface area contributed by atoms with Crippen LogP contribution in [-0.4, -0.2) is 17.4 Å². The summed E-state index contributed by atoms with van der Waals surface area (Å²) in [5.41, 5.74) is 4.31. The van der Waals surface area contributed by atoms with Gasteiger partial charge in [0.2, 0.25) is 0 Å². The summed E-state index contributed by atoms with van der Waals surface area (Å²) in [4.78, 5) is 16.7. The van der Waals surface area contributed by atoms with Crippen LogP contribution in [0.4, 0.5) is 5.82 Å². The van der Waals surface area contributed by atoms with Crippen molar-refractivity contribution in [3.05, 3.63) is 23.4 Å². The molecule has 0 radical (unpaired) electrons. The molecule has 1 aliphatic carbocycles. The van der Waals surface area contributed by atoms with Crippen LogP contribution >= 0.6 is 0 Å². The number of hydrogen-bond donors (Lipinski definition) is 3. The first kappa shape index (κ1) is 15.8. The summed E-state index contributed by atoms with van der Waals surface area (Å²) < 4.78 is 0. The van der Waals surface area contributed by atoms with Crippen molar-refractivity contribution in [2.45, 2.75) is 52.4 Å². The smallest absolute Gasteiger partial charge is 0.251 e. The monoisotopic (exact) mass is 290 g/mol. The highest BCUT2D eigenvalue weighted by Gasteiger charge is 2.32. The molecule has 0 unspecified atom stereocenters. The van der Waals surface area contributed by atoms with E-state index >= 15 is 0 Å². The molecular formula is C16H26N4O. The lowest BCUT2D eigenvalue weighted by Crippen LogP contribution is -2.35. The van der Waals surface area contributed by atoms with Gasteiger partial charge in [0.1, 0.15) is 5.82 Å². The van der Waals surface area contributed by atoms with Crippen molar-refractivity contribution in [3.63, 3.8) is 0 Å². The first-order valence-electron chi connectivity index (χ1n) is 7.88. The van der Waals surface area contributed by atoms with Crippen LogP contribution in [0.3, 0.4) is 0 Å². The Balaban J connectivity index is 2.06. The molecule has 5 nitrogen and oxygen atoms in total. The molecule has 21 heavy (non-hydrogen) atoms. The Morgan fingerprint density at radius 1 is 1.33 bits per heavy atom. The Kier molecular flexibility index (Phi) is 5.17. The maximum atomic E-state index is 12.4. The molecule has 0 spiro atoms. The van der Waals surface area contributed by atoms with E-state index in [0.717, 1.165) is 25.1 Å². The molecule has 0 aliphatic heterocycles. The number of pyridine rings is 1. The van der Waals surface area contributed by atoms with Crippen LogP contribution in [0.2, 0.25) is 0 Å². The first-order chi connectivity index (χ1) is 10.1. The van der Waals surface area contributed by atoms with Gasteiger partial charge in [-0.3, -0.25) is 4.79 Å². The van der Waals surface area contributed by atoms with Crippen molar-refractivity contribution in [1.29, 1.82) is 0 Å². The minimum atomic E-state index is -0.0386. The Morgan fingerprint density at radius 2 is 2.05 bits per heavy atom. The minimum absolute atomic E-state index is 0.0386. The van der Waals surface area contributed by atoms with Gasteiger partial charge in [-0.05, 0) is 43.2 Å². The second-order valence-electron chi connectivity index (χ2n) is 5.97. The van der Waals surface area contributed by atoms with E-state index in [-0.39, 0.29) is 5.91 Å². The number of carbonyl (C=O) groups is 1. The predicted molar refractivity (Wildman–Crippen MR) is 85.0 cm³/mol. The zero-order chi connectivity index (χ0) is 15.3. The van der Waals surface area contributed by atoms with E-state index in [2.05, 4.69) is 22.7 Å². The highest BCUT2D eigenvalue weighted by atomic mass is 16.1. The number of aromatic nitrogens is 1. The average molecular weight is 290 g/mol. The zero-order valence-corrected chi connectivity index (χ0v) is 13.0. The normalized spacial score (nSPS) is 16.7. The number of hydrazine groups is 1. The summed E-state index contributed by atoms with van der Waals surface area (Å²) >= 11 is 0. The van der Waals surface area contributed by atoms with E-state index in [0.29, 0.717) is 16.8 Å². The molecule has 1 aromatic rings. The third-order valence-corrected chi connectivity index (χ3v) is 4.69. The average Bonchev–Trinajstić information content (AvgIpc) is 3.01. The van der Waals surface area contributed by atoms with E-state index in [9.17, 15) is 4.79 Å². The molecule has 0 atom stereocenters. The lowest BCUT2D eigenvalue weighted by molar-refractivity contribution is 0.0928. The summed E-state index contributed by atoms with van der Waals surface area (Å²) in [6.07, 6.45) is 6.89. The number of amides is 1. The van der Waals surface area contributed by atoms with E-state index < -0.39 is 0 Å². The van der Waals surface area contributed by atoms with Crippen LogP contribution < -0.4 is 16.6 Å². The van der Waals surface area contributed by atoms with Gasteiger partial charge in [-0.2, -0.15) is 0 Å². The number of aryl methyl sites for hydroxylation is 1. The lowest BCUT2D eigenvalue weighted by Gasteiger charge is -2.27. The number of rotatable bonds is 6. The fourth-order valence-corrected chi connectivity index (χ4v) is 3.12. The van der Waals surface area contributed by atoms with Crippen LogP contribution in [0.5, 0.6) is 0 Å². The fourth-order valence-electron chi connectivity index (χ4n) is 3.12. The van der Waals surface area contributed by atoms with Crippen LogP contribution in [0.1, 0.15) is 62.0 Å². The Morgan fingerprint density at radius 3 is 2.62 bits per heavy atom. The molecule has 116 valence electrons. The first-order valence-corrected chi connectivity index (χ1v) is 7.88. The second-order valence-corrected chi connectivity index (χ2v) is 5.97. The highest BCUT2D eigenvalue weighted by molar-refractivity contribution is 5.95. The number of hydrogen-bond acceptors (Lipinski definition) is 4. The number of nitrogens with zero attached hydrogens (tertiary/aromatic N) is 1. The molecule has 1 heterocycles. The van der Waals surface area contributed by atoms with E-state index in [1.807, 2.05) is 13.0 Å². The second kappa shape index (κ2) is 6.89. The quantitative estimate of drug-likeness (QED) is 0.556. The predicted octanol–water partition coefficient (Wildman–Crippen LogP) is 2.63. The van der Waals surface area contributed by atoms with Gasteiger partial charge in [0.25, 0.3) is 5.91 Å². The molecule has 1 saturated carbocycles. The molecular weight excluding hydrogens is 264 g/mol. The van der Waals surface area contributed by atoms with Gasteiger partial charge in [-0.25, -0.2) is 10.8 Å². The Bertz CT molecular complexity index is 473. The van der Waals surface area contributed by atoms with Gasteiger partial charge in [0.05, 0.1) is 0 Å². The van der Waals surface area contributed by atoms with Gasteiger partial charge in [0, 0.05) is 17.8 Å². The number of nitrogen functional groups attached to an aromatic ring is 1. The van der Waals surface area contributed by atoms with Crippen molar-refractivity contribution in [3.8, 4) is 0 Å². The molecule has 1 aromatic heterocycles. The minimum Gasteiger partial charge on any atom is -0.351 e. The number of nitrogens with two attached hydrogens (primary N) is 1. The molecule has 5 heteroatoms. The molecule has 4 N–H and O–H groups in total. The van der Waals surface area contributed by atoms with Crippen LogP contribution in [-0.2, 0) is 6.42 Å². The van der Waals surface area contributed by atoms with Crippen molar-refractivity contribution in [2.75, 3.05) is 12.0 Å². The Labute approximate surface area is 126 Å². The van der Waals surface area contributed by atoms with Crippen LogP contribution in [0.15, 0.2) is 12.1 Å². The summed E-state index contributed by atoms with van der Waals surface area (Å²) in [6.45, 7) is 4.99. The molecule has 2 rings (SSSR count). The van der Waals surface area contributed by atoms with Crippen molar-refractivity contribution in [2.24, 2.45) is 11.3 Å². The zero-order valence-electron chi connectivity index (χ0n) is 13.0. The molecule has 1 fully saturated rings. The van der Waals surface area contributed by atoms with Gasteiger partial charge in [-0.15, -0.1) is 0 Å². The molecule has 1 aliphatic rings. The van der Waals surface area contributed by atoms with Gasteiger partial charge in [-0.1, -0.05) is 26.7 Å². The van der Waals surface area contributed by atoms with Gasteiger partial charge >= 0.3 is 0 Å². The topological polar surface area (TPSA) is 80.0 Å². The largest absolute Gasteiger partial charge is 0.351 e. The van der Waals surface area contributed by atoms with Crippen molar-refractivity contribution >= 4 is 11.7 Å². The van der Waals surface area contributed by atoms with Crippen molar-refractivity contribution < 1.29 is 4.79 Å². The molecule has 0 aromatic carbocycles. The number of anilines is 1. The van der Waals surface area contributed by atoms with Crippen LogP contribution in [0.25, 0.3) is 0 Å². The van der Waals surface area contributed by atoms with E-state index in [4.69, 9.17) is 5.84 Å². The van der Waals surface area contributed by atoms with Gasteiger partial charge in [0.15, 0.2) is 0 Å². The third-order valence-electron chi connectivity index (χ3n) is 4.69. The summed E-state index contributed by atoms with van der Waals surface area (Å²) in [7, 11) is 0. The van der Waals surface area contributed by atoms with Gasteiger partial charge < -0.3 is 10.7 Å². The number of carbonyl (C=O) groups excluding carboxylic acids is 1. The summed E-state index contributed by atoms with van der Waals surface area (Å²) in [6, 6.07) is 3.53. The van der Waals surface area contributed by atoms with Crippen molar-refractivity contribution in [1.82, 2.24) is 10.3 Å². The SMILES string of the molecule is CCc1cc(C(=O)NCC2(CC)CCCC2)cc(NN)n1. The maximum Gasteiger partial charge on any atom is 0.251 e. The Hall–Kier alpha value is -1.62. The van der Waals surface area contributed by atoms with Crippen LogP contribution in [0, 0.1) is 5.41 Å². The molecule has 1 amide bonds. The summed E-state index contributed by atoms with van der Waals surface area (Å²) in [5.74, 6) is 5.91. The lowest BCUT2D eigenvalue weighted by atomic mass is 9.83. The highest BCUT2D eigenvalue weighted by Crippen LogP contribution is 2.40. The molecule has 0 bridgehead atoms. The third kappa shape index (κ3) is 3.73.